The molecule has 0 saturated heterocycles. The van der Waals surface area contributed by atoms with Crippen LogP contribution in [-0.4, -0.2) is 33.5 Å². The summed E-state index contributed by atoms with van der Waals surface area (Å²) in [6, 6.07) is 0. The van der Waals surface area contributed by atoms with Crippen LogP contribution in [0.2, 0.25) is 0 Å². The number of methoxy groups -OCH3 is 1. The minimum atomic E-state index is -0.532. The highest BCUT2D eigenvalue weighted by molar-refractivity contribution is 4.98. The molecule has 0 aliphatic carbocycles. The number of hydrogen-bond donors (Lipinski definition) is 1. The Morgan fingerprint density at radius 3 is 2.76 bits per heavy atom. The van der Waals surface area contributed by atoms with E-state index in [-0.39, 0.29) is 0 Å². The van der Waals surface area contributed by atoms with Crippen LogP contribution in [0.1, 0.15) is 39.4 Å². The number of aryl methyl sites for hydroxylation is 1. The quantitative estimate of drug-likeness (QED) is 0.793. The molecule has 0 aliphatic heterocycles. The van der Waals surface area contributed by atoms with Crippen LogP contribution in [0, 0.1) is 0 Å². The third-order valence-electron chi connectivity index (χ3n) is 3.52. The molecule has 0 spiro atoms. The van der Waals surface area contributed by atoms with Crippen molar-refractivity contribution in [2.45, 2.75) is 58.3 Å². The van der Waals surface area contributed by atoms with Crippen LogP contribution in [0.4, 0.5) is 0 Å². The maximum absolute atomic E-state index is 10.3. The maximum Gasteiger partial charge on any atom is 0.111 e. The Hall–Kier alpha value is -0.870. The van der Waals surface area contributed by atoms with Crippen molar-refractivity contribution >= 4 is 0 Å². The van der Waals surface area contributed by atoms with Gasteiger partial charge in [-0.05, 0) is 19.8 Å². The van der Waals surface area contributed by atoms with E-state index in [1.807, 2.05) is 20.0 Å². The van der Waals surface area contributed by atoms with Gasteiger partial charge in [-0.25, -0.2) is 4.98 Å². The number of ether oxygens (including phenoxy) is 1. The first-order chi connectivity index (χ1) is 8.07. The van der Waals surface area contributed by atoms with Crippen molar-refractivity contribution in [3.63, 3.8) is 0 Å². The van der Waals surface area contributed by atoms with E-state index in [4.69, 9.17) is 4.74 Å². The SMILES string of the molecule is CCCn1ccnc1CC(O)C(C)(CC)OC. The molecule has 0 bridgehead atoms. The molecule has 98 valence electrons. The van der Waals surface area contributed by atoms with Gasteiger partial charge in [0, 0.05) is 32.5 Å². The molecule has 4 nitrogen and oxygen atoms in total. The van der Waals surface area contributed by atoms with E-state index in [2.05, 4.69) is 16.5 Å². The van der Waals surface area contributed by atoms with Gasteiger partial charge in [-0.2, -0.15) is 0 Å². The lowest BCUT2D eigenvalue weighted by Gasteiger charge is -2.32. The van der Waals surface area contributed by atoms with Crippen LogP contribution in [-0.2, 0) is 17.7 Å². The van der Waals surface area contributed by atoms with E-state index in [0.29, 0.717) is 6.42 Å². The molecule has 1 N–H and O–H groups in total. The Morgan fingerprint density at radius 2 is 2.24 bits per heavy atom. The van der Waals surface area contributed by atoms with Crippen LogP contribution >= 0.6 is 0 Å². The largest absolute Gasteiger partial charge is 0.390 e. The highest BCUT2D eigenvalue weighted by atomic mass is 16.5. The van der Waals surface area contributed by atoms with Gasteiger partial charge in [-0.1, -0.05) is 13.8 Å². The van der Waals surface area contributed by atoms with Gasteiger partial charge in [0.25, 0.3) is 0 Å². The summed E-state index contributed by atoms with van der Waals surface area (Å²) >= 11 is 0. The fourth-order valence-electron chi connectivity index (χ4n) is 1.88. The van der Waals surface area contributed by atoms with Gasteiger partial charge in [0.1, 0.15) is 5.82 Å². The first-order valence-corrected chi connectivity index (χ1v) is 6.30. The summed E-state index contributed by atoms with van der Waals surface area (Å²) in [5.41, 5.74) is -0.497. The monoisotopic (exact) mass is 240 g/mol. The van der Waals surface area contributed by atoms with E-state index in [1.54, 1.807) is 13.3 Å². The normalized spacial score (nSPS) is 16.8. The minimum absolute atomic E-state index is 0.497. The molecule has 2 atom stereocenters. The molecule has 0 aliphatic rings. The lowest BCUT2D eigenvalue weighted by Crippen LogP contribution is -2.42. The Balaban J connectivity index is 2.73. The summed E-state index contributed by atoms with van der Waals surface area (Å²) in [5, 5.41) is 10.3. The molecule has 0 aromatic carbocycles. The van der Waals surface area contributed by atoms with Crippen LogP contribution in [0.5, 0.6) is 0 Å². The summed E-state index contributed by atoms with van der Waals surface area (Å²) in [5.74, 6) is 0.927. The van der Waals surface area contributed by atoms with Crippen LogP contribution in [0.15, 0.2) is 12.4 Å². The molecule has 1 aromatic rings. The van der Waals surface area contributed by atoms with Gasteiger partial charge in [-0.15, -0.1) is 0 Å². The zero-order valence-corrected chi connectivity index (χ0v) is 11.3. The lowest BCUT2D eigenvalue weighted by atomic mass is 9.93. The molecule has 0 saturated carbocycles. The summed E-state index contributed by atoms with van der Waals surface area (Å²) in [7, 11) is 1.64. The third kappa shape index (κ3) is 3.30. The van der Waals surface area contributed by atoms with Crippen molar-refractivity contribution in [1.29, 1.82) is 0 Å². The summed E-state index contributed by atoms with van der Waals surface area (Å²) in [4.78, 5) is 4.30. The number of aliphatic hydroxyl groups excluding tert-OH is 1. The predicted molar refractivity (Wildman–Crippen MR) is 67.9 cm³/mol. The second kappa shape index (κ2) is 6.17. The molecule has 1 heterocycles. The Morgan fingerprint density at radius 1 is 1.53 bits per heavy atom. The smallest absolute Gasteiger partial charge is 0.111 e. The first kappa shape index (κ1) is 14.2. The van der Waals surface area contributed by atoms with E-state index >= 15 is 0 Å². The molecule has 1 rings (SSSR count). The van der Waals surface area contributed by atoms with Gasteiger partial charge in [0.2, 0.25) is 0 Å². The van der Waals surface area contributed by atoms with E-state index in [9.17, 15) is 5.11 Å². The van der Waals surface area contributed by atoms with Crippen molar-refractivity contribution in [3.05, 3.63) is 18.2 Å². The highest BCUT2D eigenvalue weighted by Gasteiger charge is 2.31. The van der Waals surface area contributed by atoms with Gasteiger partial charge < -0.3 is 14.4 Å². The van der Waals surface area contributed by atoms with Gasteiger partial charge in [0.15, 0.2) is 0 Å². The molecule has 1 aromatic heterocycles. The van der Waals surface area contributed by atoms with Crippen LogP contribution in [0.3, 0.4) is 0 Å². The Kier molecular flexibility index (Phi) is 5.15. The van der Waals surface area contributed by atoms with Crippen LogP contribution in [0.25, 0.3) is 0 Å². The molecule has 17 heavy (non-hydrogen) atoms. The van der Waals surface area contributed by atoms with Gasteiger partial charge in [-0.3, -0.25) is 0 Å². The predicted octanol–water partition coefficient (Wildman–Crippen LogP) is 2.01. The average Bonchev–Trinajstić information content (AvgIpc) is 2.76. The standard InChI is InChI=1S/C13H24N2O2/c1-5-8-15-9-7-14-12(15)10-11(16)13(3,6-2)17-4/h7,9,11,16H,5-6,8,10H2,1-4H3. The molecule has 0 amide bonds. The summed E-state index contributed by atoms with van der Waals surface area (Å²) < 4.78 is 7.50. The van der Waals surface area contributed by atoms with Crippen molar-refractivity contribution in [2.75, 3.05) is 7.11 Å². The number of hydrogen-bond acceptors (Lipinski definition) is 3. The molecular formula is C13H24N2O2. The summed E-state index contributed by atoms with van der Waals surface area (Å²) in [6.45, 7) is 7.03. The Bertz CT molecular complexity index is 332. The first-order valence-electron chi connectivity index (χ1n) is 6.30. The zero-order valence-electron chi connectivity index (χ0n) is 11.3. The van der Waals surface area contributed by atoms with E-state index in [0.717, 1.165) is 25.2 Å². The van der Waals surface area contributed by atoms with Crippen LogP contribution < -0.4 is 0 Å². The zero-order chi connectivity index (χ0) is 12.9. The number of aliphatic hydroxyl groups is 1. The van der Waals surface area contributed by atoms with Crippen molar-refractivity contribution < 1.29 is 9.84 Å². The van der Waals surface area contributed by atoms with Crippen molar-refractivity contribution in [2.24, 2.45) is 0 Å². The number of aromatic nitrogens is 2. The van der Waals surface area contributed by atoms with Crippen molar-refractivity contribution in [1.82, 2.24) is 9.55 Å². The third-order valence-corrected chi connectivity index (χ3v) is 3.52. The molecular weight excluding hydrogens is 216 g/mol. The van der Waals surface area contributed by atoms with Crippen molar-refractivity contribution in [3.8, 4) is 0 Å². The van der Waals surface area contributed by atoms with Gasteiger partial charge in [0.05, 0.1) is 11.7 Å². The molecule has 2 unspecified atom stereocenters. The topological polar surface area (TPSA) is 47.3 Å². The number of imidazole rings is 1. The highest BCUT2D eigenvalue weighted by Crippen LogP contribution is 2.21. The second-order valence-electron chi connectivity index (χ2n) is 4.63. The molecule has 4 heteroatoms. The number of rotatable bonds is 7. The molecule has 0 radical (unpaired) electrons. The lowest BCUT2D eigenvalue weighted by molar-refractivity contribution is -0.0923. The second-order valence-corrected chi connectivity index (χ2v) is 4.63. The summed E-state index contributed by atoms with van der Waals surface area (Å²) in [6.07, 6.45) is 5.59. The van der Waals surface area contributed by atoms with Gasteiger partial charge >= 0.3 is 0 Å². The average molecular weight is 240 g/mol. The maximum atomic E-state index is 10.3. The van der Waals surface area contributed by atoms with E-state index < -0.39 is 11.7 Å². The number of nitrogens with zero attached hydrogens (tertiary/aromatic N) is 2. The Labute approximate surface area is 104 Å². The fourth-order valence-corrected chi connectivity index (χ4v) is 1.88. The van der Waals surface area contributed by atoms with E-state index in [1.165, 1.54) is 0 Å². The molecule has 0 fully saturated rings. The fraction of sp³-hybridized carbons (Fsp3) is 0.769. The minimum Gasteiger partial charge on any atom is -0.390 e.